The number of fused-ring (bicyclic) bond motifs is 1. The number of hydrogen-bond acceptors (Lipinski definition) is 7. The summed E-state index contributed by atoms with van der Waals surface area (Å²) < 4.78 is 55.7. The van der Waals surface area contributed by atoms with Crippen LogP contribution in [0.3, 0.4) is 0 Å². The smallest absolute Gasteiger partial charge is 0.286 e. The van der Waals surface area contributed by atoms with Crippen LogP contribution in [0.15, 0.2) is 38.8 Å². The van der Waals surface area contributed by atoms with E-state index < -0.39 is 31.4 Å². The topological polar surface area (TPSA) is 145 Å². The molecule has 0 bridgehead atoms. The number of aliphatic hydroxyl groups is 1. The fourth-order valence-corrected chi connectivity index (χ4v) is 7.09. The van der Waals surface area contributed by atoms with Gasteiger partial charge in [0.25, 0.3) is 15.9 Å². The Morgan fingerprint density at radius 3 is 2.49 bits per heavy atom. The van der Waals surface area contributed by atoms with Gasteiger partial charge in [0.05, 0.1) is 11.9 Å². The molecule has 1 unspecified atom stereocenters. The molecule has 1 aromatic rings. The van der Waals surface area contributed by atoms with Crippen LogP contribution in [0.2, 0.25) is 0 Å². The lowest BCUT2D eigenvalue weighted by atomic mass is 9.70. The van der Waals surface area contributed by atoms with Gasteiger partial charge in [0.1, 0.15) is 16.2 Å². The molecular weight excluding hydrogens is 516 g/mol. The number of nitrogens with one attached hydrogen (secondary N) is 2. The third-order valence-electron chi connectivity index (χ3n) is 7.45. The van der Waals surface area contributed by atoms with Crippen molar-refractivity contribution in [3.8, 4) is 0 Å². The highest BCUT2D eigenvalue weighted by Crippen LogP contribution is 2.48. The molecule has 0 radical (unpaired) electrons. The fraction of sp³-hybridized carbons (Fsp3) is 0.600. The van der Waals surface area contributed by atoms with Gasteiger partial charge >= 0.3 is 0 Å². The summed E-state index contributed by atoms with van der Waals surface area (Å²) in [7, 11) is -7.92. The Morgan fingerprint density at radius 1 is 1.24 bits per heavy atom. The fourth-order valence-electron chi connectivity index (χ4n) is 5.38. The molecule has 1 aromatic carbocycles. The first-order chi connectivity index (χ1) is 17.0. The minimum absolute atomic E-state index is 0.0198. The van der Waals surface area contributed by atoms with Gasteiger partial charge in [-0.15, -0.1) is 4.40 Å². The minimum Gasteiger partial charge on any atom is -0.511 e. The highest BCUT2D eigenvalue weighted by Gasteiger charge is 2.49. The summed E-state index contributed by atoms with van der Waals surface area (Å²) in [4.78, 5) is 15.2. The van der Waals surface area contributed by atoms with Crippen LogP contribution in [-0.4, -0.2) is 57.9 Å². The molecule has 1 amide bonds. The number of carbonyl (C=O) groups is 1. The molecule has 1 saturated carbocycles. The predicted octanol–water partition coefficient (Wildman–Crippen LogP) is 3.86. The number of sulfonamides is 2. The molecule has 10 nitrogen and oxygen atoms in total. The van der Waals surface area contributed by atoms with Crippen molar-refractivity contribution in [2.75, 3.05) is 29.4 Å². The summed E-state index contributed by atoms with van der Waals surface area (Å²) >= 11 is 0. The maximum Gasteiger partial charge on any atom is 0.286 e. The first-order valence-electron chi connectivity index (χ1n) is 12.5. The van der Waals surface area contributed by atoms with Crippen LogP contribution in [0.4, 0.5) is 11.4 Å². The van der Waals surface area contributed by atoms with Gasteiger partial charge in [0.2, 0.25) is 10.0 Å². The standard InChI is InChI=1S/C25H36N4O6S2/c1-24(2,3)12-13-29-15-25(4,16-8-6-7-9-16)21(30)20(23(29)31)22-26-18-11-10-17(27-36(5,32)33)14-19(18)37(34,35)28-22/h10-11,14,16,27,30H,6-9,12-13,15H2,1-5H3,(H,26,28). The third kappa shape index (κ3) is 5.64. The van der Waals surface area contributed by atoms with Crippen molar-refractivity contribution < 1.29 is 26.7 Å². The highest BCUT2D eigenvalue weighted by atomic mass is 32.2. The third-order valence-corrected chi connectivity index (χ3v) is 9.37. The van der Waals surface area contributed by atoms with Crippen LogP contribution >= 0.6 is 0 Å². The average molecular weight is 553 g/mol. The van der Waals surface area contributed by atoms with Crippen LogP contribution in [0.25, 0.3) is 0 Å². The maximum absolute atomic E-state index is 13.7. The number of anilines is 2. The summed E-state index contributed by atoms with van der Waals surface area (Å²) in [5.74, 6) is -0.650. The van der Waals surface area contributed by atoms with Gasteiger partial charge in [-0.25, -0.2) is 8.42 Å². The van der Waals surface area contributed by atoms with Gasteiger partial charge in [-0.05, 0) is 48.8 Å². The van der Waals surface area contributed by atoms with Crippen molar-refractivity contribution in [3.05, 3.63) is 29.5 Å². The molecule has 1 aliphatic carbocycles. The van der Waals surface area contributed by atoms with Crippen LogP contribution in [0.1, 0.15) is 59.8 Å². The SMILES string of the molecule is CC(C)(C)CCN1CC(C)(C2CCCC2)C(O)=C(C2=NS(=O)(=O)c3cc(NS(C)(=O)=O)ccc3N2)C1=O. The minimum atomic E-state index is -4.30. The van der Waals surface area contributed by atoms with E-state index in [1.165, 1.54) is 18.2 Å². The number of amidine groups is 1. The maximum atomic E-state index is 13.7. The van der Waals surface area contributed by atoms with E-state index >= 15 is 0 Å². The van der Waals surface area contributed by atoms with Gasteiger partial charge in [0, 0.05) is 24.2 Å². The zero-order valence-electron chi connectivity index (χ0n) is 22.0. The molecule has 0 aromatic heterocycles. The van der Waals surface area contributed by atoms with E-state index in [1.54, 1.807) is 4.90 Å². The molecule has 12 heteroatoms. The molecule has 1 fully saturated rings. The number of benzene rings is 1. The summed E-state index contributed by atoms with van der Waals surface area (Å²) in [6.45, 7) is 9.06. The summed E-state index contributed by atoms with van der Waals surface area (Å²) in [5, 5.41) is 14.5. The second-order valence-corrected chi connectivity index (χ2v) is 15.1. The van der Waals surface area contributed by atoms with Crippen LogP contribution in [-0.2, 0) is 24.8 Å². The van der Waals surface area contributed by atoms with Crippen molar-refractivity contribution >= 4 is 43.2 Å². The Balaban J connectivity index is 1.78. The lowest BCUT2D eigenvalue weighted by molar-refractivity contribution is -0.131. The molecule has 2 heterocycles. The molecule has 0 spiro atoms. The van der Waals surface area contributed by atoms with E-state index in [1.807, 2.05) is 6.92 Å². The largest absolute Gasteiger partial charge is 0.511 e. The quantitative estimate of drug-likeness (QED) is 0.486. The Hall–Kier alpha value is -2.60. The molecule has 204 valence electrons. The van der Waals surface area contributed by atoms with Gasteiger partial charge in [0.15, 0.2) is 5.84 Å². The molecule has 2 aliphatic heterocycles. The molecule has 0 saturated heterocycles. The first-order valence-corrected chi connectivity index (χ1v) is 15.8. The zero-order valence-corrected chi connectivity index (χ0v) is 23.6. The number of carbonyl (C=O) groups excluding carboxylic acids is 1. The second kappa shape index (κ2) is 9.30. The van der Waals surface area contributed by atoms with Gasteiger partial charge in [-0.1, -0.05) is 40.5 Å². The van der Waals surface area contributed by atoms with E-state index in [9.17, 15) is 26.7 Å². The monoisotopic (exact) mass is 552 g/mol. The Morgan fingerprint density at radius 2 is 1.89 bits per heavy atom. The van der Waals surface area contributed by atoms with Crippen LogP contribution in [0, 0.1) is 16.7 Å². The van der Waals surface area contributed by atoms with Crippen molar-refractivity contribution in [1.29, 1.82) is 0 Å². The molecule has 3 N–H and O–H groups in total. The van der Waals surface area contributed by atoms with E-state index in [4.69, 9.17) is 0 Å². The van der Waals surface area contributed by atoms with E-state index in [-0.39, 0.29) is 44.8 Å². The molecule has 37 heavy (non-hydrogen) atoms. The van der Waals surface area contributed by atoms with Gasteiger partial charge in [-0.3, -0.25) is 9.52 Å². The van der Waals surface area contributed by atoms with E-state index in [2.05, 4.69) is 35.2 Å². The number of nitrogens with zero attached hydrogens (tertiary/aromatic N) is 2. The summed E-state index contributed by atoms with van der Waals surface area (Å²) in [6, 6.07) is 4.00. The van der Waals surface area contributed by atoms with Crippen LogP contribution in [0.5, 0.6) is 0 Å². The van der Waals surface area contributed by atoms with Gasteiger partial charge < -0.3 is 15.3 Å². The normalized spacial score (nSPS) is 24.5. The average Bonchev–Trinajstić information content (AvgIpc) is 3.30. The van der Waals surface area contributed by atoms with Crippen molar-refractivity contribution in [1.82, 2.24) is 4.90 Å². The number of aliphatic hydroxyl groups excluding tert-OH is 1. The van der Waals surface area contributed by atoms with E-state index in [0.717, 1.165) is 38.4 Å². The Bertz CT molecular complexity index is 1390. The second-order valence-electron chi connectivity index (χ2n) is 11.8. The number of amides is 1. The zero-order chi connectivity index (χ0) is 27.4. The first kappa shape index (κ1) is 27.4. The Kier molecular flexibility index (Phi) is 6.90. The molecule has 1 atom stereocenters. The van der Waals surface area contributed by atoms with Crippen molar-refractivity contribution in [2.45, 2.75) is 64.7 Å². The van der Waals surface area contributed by atoms with Crippen LogP contribution < -0.4 is 10.0 Å². The summed E-state index contributed by atoms with van der Waals surface area (Å²) in [5.41, 5.74) is -0.653. The molecule has 3 aliphatic rings. The molecule has 4 rings (SSSR count). The van der Waals surface area contributed by atoms with Gasteiger partial charge in [-0.2, -0.15) is 8.42 Å². The number of rotatable bonds is 6. The lowest BCUT2D eigenvalue weighted by Gasteiger charge is -2.45. The van der Waals surface area contributed by atoms with Crippen molar-refractivity contribution in [3.63, 3.8) is 0 Å². The number of hydrogen-bond donors (Lipinski definition) is 3. The van der Waals surface area contributed by atoms with E-state index in [0.29, 0.717) is 13.1 Å². The van der Waals surface area contributed by atoms with Crippen molar-refractivity contribution in [2.24, 2.45) is 21.1 Å². The summed E-state index contributed by atoms with van der Waals surface area (Å²) in [6.07, 6.45) is 5.64. The lowest BCUT2D eigenvalue weighted by Crippen LogP contribution is -2.52. The molecular formula is C25H36N4O6S2. The Labute approximate surface area is 219 Å². The highest BCUT2D eigenvalue weighted by molar-refractivity contribution is 7.92. The predicted molar refractivity (Wildman–Crippen MR) is 144 cm³/mol.